The molecule has 2 aromatic rings. The van der Waals surface area contributed by atoms with Crippen LogP contribution in [0.15, 0.2) is 29.4 Å². The molecule has 10 heteroatoms. The maximum atomic E-state index is 15.1. The van der Waals surface area contributed by atoms with E-state index in [4.69, 9.17) is 10.5 Å². The van der Waals surface area contributed by atoms with Crippen molar-refractivity contribution in [3.63, 3.8) is 0 Å². The molecule has 1 aromatic carbocycles. The minimum atomic E-state index is -3.05. The molecule has 7 nitrogen and oxygen atoms in total. The van der Waals surface area contributed by atoms with Crippen LogP contribution in [-0.2, 0) is 21.5 Å². The number of aryl methyl sites for hydroxylation is 1. The first-order valence-electron chi connectivity index (χ1n) is 10.5. The van der Waals surface area contributed by atoms with Crippen LogP contribution in [0.3, 0.4) is 0 Å². The van der Waals surface area contributed by atoms with Gasteiger partial charge in [-0.3, -0.25) is 14.0 Å². The SMILES string of the molecule is C=S1(=O)[C@H]2CC[C@]1(CF)C(N)=N[C@]2(C)c1cc(CC(=O)c2ncc(OC)nc2C)ccc1F. The number of fused-ring (bicyclic) bond motifs is 2. The quantitative estimate of drug-likeness (QED) is 0.507. The molecule has 1 saturated heterocycles. The molecular weight excluding hydrogens is 450 g/mol. The molecule has 176 valence electrons. The largest absolute Gasteiger partial charge is 0.480 e. The number of methoxy groups -OCH3 is 1. The Morgan fingerprint density at radius 3 is 2.79 bits per heavy atom. The van der Waals surface area contributed by atoms with E-state index in [1.807, 2.05) is 0 Å². The summed E-state index contributed by atoms with van der Waals surface area (Å²) < 4.78 is 46.3. The van der Waals surface area contributed by atoms with Crippen LogP contribution in [0, 0.1) is 12.7 Å². The van der Waals surface area contributed by atoms with Gasteiger partial charge in [-0.05, 0) is 59.8 Å². The fraction of sp³-hybridized carbons (Fsp3) is 0.435. The summed E-state index contributed by atoms with van der Waals surface area (Å²) in [6.07, 6.45) is 1.91. The molecule has 2 bridgehead atoms. The third-order valence-corrected chi connectivity index (χ3v) is 10.4. The Hall–Kier alpha value is -2.88. The number of aliphatic imine (C=N–C) groups is 1. The van der Waals surface area contributed by atoms with Crippen molar-refractivity contribution in [2.45, 2.75) is 48.6 Å². The molecule has 3 heterocycles. The molecule has 4 atom stereocenters. The van der Waals surface area contributed by atoms with E-state index in [9.17, 15) is 13.4 Å². The van der Waals surface area contributed by atoms with Crippen molar-refractivity contribution >= 4 is 27.0 Å². The summed E-state index contributed by atoms with van der Waals surface area (Å²) in [5.41, 5.74) is 6.13. The van der Waals surface area contributed by atoms with Crippen molar-refractivity contribution in [3.8, 4) is 5.88 Å². The molecule has 0 spiro atoms. The topological polar surface area (TPSA) is 108 Å². The number of alkyl halides is 1. The van der Waals surface area contributed by atoms with Gasteiger partial charge in [-0.2, -0.15) is 0 Å². The number of nitrogens with zero attached hydrogens (tertiary/aromatic N) is 3. The highest BCUT2D eigenvalue weighted by molar-refractivity contribution is 8.03. The summed E-state index contributed by atoms with van der Waals surface area (Å²) in [6, 6.07) is 4.29. The lowest BCUT2D eigenvalue weighted by atomic mass is 9.85. The molecule has 2 aliphatic heterocycles. The van der Waals surface area contributed by atoms with Crippen LogP contribution in [0.1, 0.15) is 47.1 Å². The van der Waals surface area contributed by atoms with E-state index >= 15 is 4.39 Å². The summed E-state index contributed by atoms with van der Waals surface area (Å²) in [6.45, 7) is 2.38. The van der Waals surface area contributed by atoms with Crippen molar-refractivity contribution in [1.82, 2.24) is 9.97 Å². The lowest BCUT2D eigenvalue weighted by molar-refractivity contribution is 0.0987. The minimum absolute atomic E-state index is 0.0523. The number of aromatic nitrogens is 2. The second kappa shape index (κ2) is 7.86. The molecule has 0 amide bonds. The first kappa shape index (κ1) is 23.3. The standard InChI is InChI=1S/C23H26F2N4O3S/c1-13-20(27-11-19(28-13)32-3)17(30)10-14-5-6-16(25)15(9-14)22(2)18-7-8-23(12-24,21(26)29-22)33(18,4)31/h5-6,9,11,18H,4,7-8,10,12H2,1-3H3,(H2,26,29)/t18-,22+,23-,33?/m0/s1. The number of carbonyl (C=O) groups excluding carboxylic acids is 1. The van der Waals surface area contributed by atoms with Crippen LogP contribution in [-0.4, -0.2) is 55.4 Å². The average molecular weight is 477 g/mol. The molecule has 1 aromatic heterocycles. The van der Waals surface area contributed by atoms with Gasteiger partial charge in [-0.1, -0.05) is 6.07 Å². The molecule has 0 saturated carbocycles. The molecule has 0 aliphatic carbocycles. The Morgan fingerprint density at radius 1 is 1.42 bits per heavy atom. The van der Waals surface area contributed by atoms with Gasteiger partial charge in [0.1, 0.15) is 34.3 Å². The molecule has 4 rings (SSSR count). The van der Waals surface area contributed by atoms with Gasteiger partial charge in [0, 0.05) is 12.0 Å². The maximum Gasteiger partial charge on any atom is 0.232 e. The Labute approximate surface area is 191 Å². The lowest BCUT2D eigenvalue weighted by Crippen LogP contribution is -2.58. The summed E-state index contributed by atoms with van der Waals surface area (Å²) in [4.78, 5) is 25.7. The molecule has 33 heavy (non-hydrogen) atoms. The van der Waals surface area contributed by atoms with E-state index in [1.165, 1.54) is 31.5 Å². The highest BCUT2D eigenvalue weighted by atomic mass is 32.2. The van der Waals surface area contributed by atoms with E-state index in [-0.39, 0.29) is 35.7 Å². The van der Waals surface area contributed by atoms with Crippen molar-refractivity contribution in [1.29, 1.82) is 0 Å². The third kappa shape index (κ3) is 3.34. The Morgan fingerprint density at radius 2 is 2.15 bits per heavy atom. The van der Waals surface area contributed by atoms with Gasteiger partial charge in [-0.25, -0.2) is 18.7 Å². The smallest absolute Gasteiger partial charge is 0.232 e. The van der Waals surface area contributed by atoms with Gasteiger partial charge in [0.25, 0.3) is 0 Å². The van der Waals surface area contributed by atoms with Crippen molar-refractivity contribution < 1.29 is 22.5 Å². The number of hydrogen-bond acceptors (Lipinski definition) is 7. The number of ketones is 1. The van der Waals surface area contributed by atoms with Crippen LogP contribution in [0.2, 0.25) is 0 Å². The first-order chi connectivity index (χ1) is 15.5. The first-order valence-corrected chi connectivity index (χ1v) is 12.3. The highest BCUT2D eigenvalue weighted by Crippen LogP contribution is 2.51. The van der Waals surface area contributed by atoms with Gasteiger partial charge in [0.05, 0.1) is 24.3 Å². The van der Waals surface area contributed by atoms with Gasteiger partial charge in [0.15, 0.2) is 5.78 Å². The lowest BCUT2D eigenvalue weighted by Gasteiger charge is -2.42. The number of halogens is 2. The number of Topliss-reactive ketones (excluding diaryl/α,β-unsaturated/α-hetero) is 1. The van der Waals surface area contributed by atoms with Gasteiger partial charge in [-0.15, -0.1) is 0 Å². The second-order valence-corrected chi connectivity index (χ2v) is 11.6. The summed E-state index contributed by atoms with van der Waals surface area (Å²) in [7, 11) is -1.59. The van der Waals surface area contributed by atoms with Gasteiger partial charge >= 0.3 is 0 Å². The molecule has 0 radical (unpaired) electrons. The van der Waals surface area contributed by atoms with E-state index in [2.05, 4.69) is 20.8 Å². The van der Waals surface area contributed by atoms with Crippen LogP contribution < -0.4 is 10.5 Å². The van der Waals surface area contributed by atoms with Crippen molar-refractivity contribution in [3.05, 3.63) is 52.7 Å². The van der Waals surface area contributed by atoms with E-state index < -0.39 is 37.5 Å². The molecule has 2 N–H and O–H groups in total. The van der Waals surface area contributed by atoms with Crippen LogP contribution >= 0.6 is 0 Å². The van der Waals surface area contributed by atoms with Gasteiger partial charge in [0.2, 0.25) is 5.88 Å². The van der Waals surface area contributed by atoms with E-state index in [0.29, 0.717) is 23.6 Å². The van der Waals surface area contributed by atoms with E-state index in [1.54, 1.807) is 13.8 Å². The van der Waals surface area contributed by atoms with Crippen LogP contribution in [0.5, 0.6) is 5.88 Å². The maximum absolute atomic E-state index is 15.1. The Bertz CT molecular complexity index is 1280. The van der Waals surface area contributed by atoms with E-state index in [0.717, 1.165) is 0 Å². The highest BCUT2D eigenvalue weighted by Gasteiger charge is 2.61. The zero-order valence-corrected chi connectivity index (χ0v) is 19.5. The number of amidine groups is 1. The van der Waals surface area contributed by atoms with Crippen molar-refractivity contribution in [2.75, 3.05) is 13.8 Å². The van der Waals surface area contributed by atoms with Crippen molar-refractivity contribution in [2.24, 2.45) is 10.7 Å². The molecule has 2 aliphatic rings. The zero-order chi connectivity index (χ0) is 24.2. The molecular formula is C23H26F2N4O3S. The Balaban J connectivity index is 1.73. The van der Waals surface area contributed by atoms with Crippen LogP contribution in [0.4, 0.5) is 8.78 Å². The zero-order valence-electron chi connectivity index (χ0n) is 18.7. The van der Waals surface area contributed by atoms with Crippen LogP contribution in [0.25, 0.3) is 0 Å². The summed E-state index contributed by atoms with van der Waals surface area (Å²) >= 11 is 0. The predicted octanol–water partition coefficient (Wildman–Crippen LogP) is 2.53. The Kier molecular flexibility index (Phi) is 5.55. The minimum Gasteiger partial charge on any atom is -0.480 e. The van der Waals surface area contributed by atoms with Gasteiger partial charge < -0.3 is 10.5 Å². The normalized spacial score (nSPS) is 30.7. The molecule has 1 fully saturated rings. The molecule has 1 unspecified atom stereocenters. The fourth-order valence-corrected chi connectivity index (χ4v) is 8.03. The number of benzene rings is 1. The summed E-state index contributed by atoms with van der Waals surface area (Å²) in [5.74, 6) is 3.20. The number of hydrogen-bond donors (Lipinski definition) is 1. The number of carbonyl (C=O) groups is 1. The number of ether oxygens (including phenoxy) is 1. The number of nitrogens with two attached hydrogens (primary N) is 1. The monoisotopic (exact) mass is 476 g/mol. The predicted molar refractivity (Wildman–Crippen MR) is 124 cm³/mol. The second-order valence-electron chi connectivity index (χ2n) is 8.79. The summed E-state index contributed by atoms with van der Waals surface area (Å²) in [5, 5.41) is -0.678. The average Bonchev–Trinajstić information content (AvgIpc) is 2.98. The number of rotatable bonds is 6. The fourth-order valence-electron chi connectivity index (χ4n) is 5.01. The third-order valence-electron chi connectivity index (χ3n) is 6.93.